The number of nitrogens with zero attached hydrogens (tertiary/aromatic N) is 4. The fourth-order valence-electron chi connectivity index (χ4n) is 1.68. The molecule has 0 fully saturated rings. The Hall–Kier alpha value is -2.28. The van der Waals surface area contributed by atoms with Gasteiger partial charge in [0.05, 0.1) is 0 Å². The summed E-state index contributed by atoms with van der Waals surface area (Å²) in [5.74, 6) is 0.302. The molecule has 1 amide bonds. The zero-order valence-electron chi connectivity index (χ0n) is 12.1. The molecule has 7 nitrogen and oxygen atoms in total. The van der Waals surface area contributed by atoms with Crippen LogP contribution in [-0.2, 0) is 4.79 Å². The number of amides is 1. The zero-order valence-corrected chi connectivity index (χ0v) is 12.1. The predicted octanol–water partition coefficient (Wildman–Crippen LogP) is 0.646. The fourth-order valence-corrected chi connectivity index (χ4v) is 1.68. The first-order valence-corrected chi connectivity index (χ1v) is 6.85. The van der Waals surface area contributed by atoms with Gasteiger partial charge in [0.1, 0.15) is 6.04 Å². The van der Waals surface area contributed by atoms with Gasteiger partial charge < -0.3 is 10.4 Å². The molecule has 2 rings (SSSR count). The molecule has 0 radical (unpaired) electrons. The Morgan fingerprint density at radius 3 is 2.71 bits per heavy atom. The van der Waals surface area contributed by atoms with E-state index in [4.69, 9.17) is 5.11 Å². The smallest absolute Gasteiger partial charge is 0.246 e. The largest absolute Gasteiger partial charge is 0.396 e. The summed E-state index contributed by atoms with van der Waals surface area (Å²) in [7, 11) is 0. The van der Waals surface area contributed by atoms with Gasteiger partial charge in [-0.1, -0.05) is 37.3 Å². The number of benzene rings is 1. The molecule has 0 aliphatic carbocycles. The van der Waals surface area contributed by atoms with E-state index in [1.807, 2.05) is 37.3 Å². The average Bonchev–Trinajstić information content (AvgIpc) is 3.02. The van der Waals surface area contributed by atoms with Gasteiger partial charge in [-0.25, -0.2) is 0 Å². The van der Waals surface area contributed by atoms with E-state index in [0.717, 1.165) is 5.56 Å². The first-order chi connectivity index (χ1) is 10.1. The molecule has 1 aromatic heterocycles. The SMILES string of the molecule is CC(CO)CNC(=O)C(C)n1nnc(-c2ccccc2)n1. The maximum Gasteiger partial charge on any atom is 0.246 e. The van der Waals surface area contributed by atoms with Gasteiger partial charge in [0.15, 0.2) is 0 Å². The molecule has 0 aliphatic heterocycles. The summed E-state index contributed by atoms with van der Waals surface area (Å²) in [5.41, 5.74) is 0.852. The van der Waals surface area contributed by atoms with E-state index in [1.165, 1.54) is 4.80 Å². The summed E-state index contributed by atoms with van der Waals surface area (Å²) in [4.78, 5) is 13.3. The highest BCUT2D eigenvalue weighted by Gasteiger charge is 2.18. The van der Waals surface area contributed by atoms with E-state index in [2.05, 4.69) is 20.7 Å². The Labute approximate surface area is 123 Å². The maximum absolute atomic E-state index is 12.0. The number of hydrogen-bond donors (Lipinski definition) is 2. The number of aromatic nitrogens is 4. The molecule has 7 heteroatoms. The lowest BCUT2D eigenvalue weighted by molar-refractivity contribution is -0.124. The fraction of sp³-hybridized carbons (Fsp3) is 0.429. The van der Waals surface area contributed by atoms with Crippen LogP contribution in [0.25, 0.3) is 11.4 Å². The lowest BCUT2D eigenvalue weighted by Crippen LogP contribution is -2.35. The molecule has 2 aromatic rings. The molecule has 0 bridgehead atoms. The minimum Gasteiger partial charge on any atom is -0.396 e. The Kier molecular flexibility index (Phi) is 4.99. The molecule has 0 spiro atoms. The molecule has 112 valence electrons. The van der Waals surface area contributed by atoms with Gasteiger partial charge in [0.25, 0.3) is 0 Å². The molecule has 2 unspecified atom stereocenters. The second kappa shape index (κ2) is 6.94. The number of nitrogens with one attached hydrogen (secondary N) is 1. The summed E-state index contributed by atoms with van der Waals surface area (Å²) in [6, 6.07) is 8.90. The van der Waals surface area contributed by atoms with Gasteiger partial charge in [-0.15, -0.1) is 10.2 Å². The highest BCUT2D eigenvalue weighted by molar-refractivity contribution is 5.79. The van der Waals surface area contributed by atoms with Crippen molar-refractivity contribution in [1.82, 2.24) is 25.5 Å². The van der Waals surface area contributed by atoms with Gasteiger partial charge in [0, 0.05) is 18.7 Å². The van der Waals surface area contributed by atoms with Crippen LogP contribution in [0.5, 0.6) is 0 Å². The van der Waals surface area contributed by atoms with Crippen LogP contribution in [0.2, 0.25) is 0 Å². The maximum atomic E-state index is 12.0. The van der Waals surface area contributed by atoms with Gasteiger partial charge in [0.2, 0.25) is 11.7 Å². The number of aliphatic hydroxyl groups excluding tert-OH is 1. The van der Waals surface area contributed by atoms with Crippen LogP contribution >= 0.6 is 0 Å². The van der Waals surface area contributed by atoms with Crippen molar-refractivity contribution in [3.63, 3.8) is 0 Å². The van der Waals surface area contributed by atoms with E-state index >= 15 is 0 Å². The minimum absolute atomic E-state index is 0.0183. The third-order valence-electron chi connectivity index (χ3n) is 3.12. The standard InChI is InChI=1S/C14H19N5O2/c1-10(9-20)8-15-14(21)11(2)19-17-13(16-18-19)12-6-4-3-5-7-12/h3-7,10-11,20H,8-9H2,1-2H3,(H,15,21). The Morgan fingerprint density at radius 1 is 1.33 bits per heavy atom. The Bertz CT molecular complexity index is 584. The van der Waals surface area contributed by atoms with Crippen LogP contribution in [-0.4, -0.2) is 44.4 Å². The third-order valence-corrected chi connectivity index (χ3v) is 3.12. The topological polar surface area (TPSA) is 92.9 Å². The van der Waals surface area contributed by atoms with Crippen LogP contribution in [0, 0.1) is 5.92 Å². The first kappa shape index (κ1) is 15.1. The van der Waals surface area contributed by atoms with E-state index in [9.17, 15) is 4.79 Å². The third kappa shape index (κ3) is 3.85. The Balaban J connectivity index is 2.02. The second-order valence-corrected chi connectivity index (χ2v) is 5.01. The highest BCUT2D eigenvalue weighted by atomic mass is 16.3. The molecule has 0 aliphatic rings. The molecule has 1 aromatic carbocycles. The van der Waals surface area contributed by atoms with Crippen LogP contribution in [0.3, 0.4) is 0 Å². The van der Waals surface area contributed by atoms with Gasteiger partial charge in [-0.3, -0.25) is 4.79 Å². The monoisotopic (exact) mass is 289 g/mol. The predicted molar refractivity (Wildman–Crippen MR) is 77.2 cm³/mol. The number of hydrogen-bond acceptors (Lipinski definition) is 5. The number of carbonyl (C=O) groups excluding carboxylic acids is 1. The van der Waals surface area contributed by atoms with Gasteiger partial charge >= 0.3 is 0 Å². The van der Waals surface area contributed by atoms with Crippen LogP contribution in [0.15, 0.2) is 30.3 Å². The molecule has 0 saturated heterocycles. The summed E-state index contributed by atoms with van der Waals surface area (Å²) < 4.78 is 0. The summed E-state index contributed by atoms with van der Waals surface area (Å²) in [6.45, 7) is 4.01. The van der Waals surface area contributed by atoms with Crippen molar-refractivity contribution in [1.29, 1.82) is 0 Å². The van der Waals surface area contributed by atoms with E-state index in [-0.39, 0.29) is 18.4 Å². The quantitative estimate of drug-likeness (QED) is 0.814. The highest BCUT2D eigenvalue weighted by Crippen LogP contribution is 2.13. The van der Waals surface area contributed by atoms with Gasteiger partial charge in [-0.05, 0) is 18.1 Å². The molecule has 2 N–H and O–H groups in total. The van der Waals surface area contributed by atoms with Crippen molar-refractivity contribution in [2.24, 2.45) is 5.92 Å². The normalized spacial score (nSPS) is 13.7. The summed E-state index contributed by atoms with van der Waals surface area (Å²) >= 11 is 0. The number of tetrazole rings is 1. The lowest BCUT2D eigenvalue weighted by atomic mass is 10.2. The lowest BCUT2D eigenvalue weighted by Gasteiger charge is -2.13. The van der Waals surface area contributed by atoms with Crippen LogP contribution in [0.1, 0.15) is 19.9 Å². The second-order valence-electron chi connectivity index (χ2n) is 5.01. The summed E-state index contributed by atoms with van der Waals surface area (Å²) in [5, 5.41) is 23.8. The Morgan fingerprint density at radius 2 is 2.05 bits per heavy atom. The number of aliphatic hydroxyl groups is 1. The van der Waals surface area contributed by atoms with Crippen molar-refractivity contribution in [3.05, 3.63) is 30.3 Å². The molecule has 2 atom stereocenters. The average molecular weight is 289 g/mol. The van der Waals surface area contributed by atoms with E-state index in [0.29, 0.717) is 12.4 Å². The van der Waals surface area contributed by atoms with Crippen molar-refractivity contribution in [2.75, 3.05) is 13.2 Å². The van der Waals surface area contributed by atoms with Crippen LogP contribution < -0.4 is 5.32 Å². The van der Waals surface area contributed by atoms with Crippen LogP contribution in [0.4, 0.5) is 0 Å². The van der Waals surface area contributed by atoms with Crippen molar-refractivity contribution >= 4 is 5.91 Å². The molecule has 0 saturated carbocycles. The summed E-state index contributed by atoms with van der Waals surface area (Å²) in [6.07, 6.45) is 0. The number of carbonyl (C=O) groups is 1. The molecular weight excluding hydrogens is 270 g/mol. The number of rotatable bonds is 6. The van der Waals surface area contributed by atoms with E-state index < -0.39 is 6.04 Å². The first-order valence-electron chi connectivity index (χ1n) is 6.85. The molecular formula is C14H19N5O2. The zero-order chi connectivity index (χ0) is 15.2. The minimum atomic E-state index is -0.555. The van der Waals surface area contributed by atoms with Crippen molar-refractivity contribution < 1.29 is 9.90 Å². The molecule has 21 heavy (non-hydrogen) atoms. The van der Waals surface area contributed by atoms with Gasteiger partial charge in [-0.2, -0.15) is 4.80 Å². The van der Waals surface area contributed by atoms with E-state index in [1.54, 1.807) is 6.92 Å². The van der Waals surface area contributed by atoms with Crippen molar-refractivity contribution in [3.8, 4) is 11.4 Å². The van der Waals surface area contributed by atoms with Crippen molar-refractivity contribution in [2.45, 2.75) is 19.9 Å². The molecule has 1 heterocycles.